The van der Waals surface area contributed by atoms with Crippen LogP contribution in [0.5, 0.6) is 0 Å². The molecule has 18 heavy (non-hydrogen) atoms. The van der Waals surface area contributed by atoms with Crippen molar-refractivity contribution >= 4 is 18.3 Å². The number of rotatable bonds is 2. The number of alkyl halides is 3. The number of amides is 1. The molecule has 0 radical (unpaired) electrons. The highest BCUT2D eigenvalue weighted by molar-refractivity contribution is 5.85. The van der Waals surface area contributed by atoms with Crippen molar-refractivity contribution in [2.45, 2.75) is 37.9 Å². The molecule has 3 nitrogen and oxygen atoms in total. The molecule has 0 aromatic heterocycles. The van der Waals surface area contributed by atoms with Crippen molar-refractivity contribution < 1.29 is 18.0 Å². The van der Waals surface area contributed by atoms with Crippen LogP contribution >= 0.6 is 12.4 Å². The molecule has 0 aliphatic carbocycles. The van der Waals surface area contributed by atoms with Gasteiger partial charge in [0.25, 0.3) is 0 Å². The van der Waals surface area contributed by atoms with Crippen LogP contribution in [0.1, 0.15) is 25.7 Å². The Kier molecular flexibility index (Phi) is 5.28. The summed E-state index contributed by atoms with van der Waals surface area (Å²) in [6.45, 7) is 2.17. The molecule has 2 atom stereocenters. The number of fused-ring (bicyclic) bond motifs is 1. The van der Waals surface area contributed by atoms with Crippen LogP contribution in [-0.2, 0) is 4.79 Å². The number of halogens is 4. The van der Waals surface area contributed by atoms with Crippen LogP contribution in [0.4, 0.5) is 13.2 Å². The molecule has 0 aromatic rings. The Labute approximate surface area is 110 Å². The third-order valence-electron chi connectivity index (χ3n) is 3.63. The van der Waals surface area contributed by atoms with Crippen LogP contribution in [0.25, 0.3) is 0 Å². The van der Waals surface area contributed by atoms with Gasteiger partial charge in [0.2, 0.25) is 5.91 Å². The highest BCUT2D eigenvalue weighted by Crippen LogP contribution is 2.26. The molecule has 106 valence electrons. The summed E-state index contributed by atoms with van der Waals surface area (Å²) in [5, 5.41) is 3.36. The Morgan fingerprint density at radius 2 is 2.06 bits per heavy atom. The smallest absolute Gasteiger partial charge is 0.342 e. The fraction of sp³-hybridized carbons (Fsp3) is 0.909. The SMILES string of the molecule is Cl.O=C(CCC(F)(F)F)N1CCC2NCCC2C1. The fourth-order valence-corrected chi connectivity index (χ4v) is 2.68. The summed E-state index contributed by atoms with van der Waals surface area (Å²) < 4.78 is 36.1. The zero-order valence-corrected chi connectivity index (χ0v) is 10.8. The van der Waals surface area contributed by atoms with Crippen molar-refractivity contribution in [1.29, 1.82) is 0 Å². The number of hydrogen-bond acceptors (Lipinski definition) is 2. The van der Waals surface area contributed by atoms with E-state index in [-0.39, 0.29) is 18.3 Å². The zero-order valence-electron chi connectivity index (χ0n) is 10.0. The number of carbonyl (C=O) groups is 1. The lowest BCUT2D eigenvalue weighted by atomic mass is 9.93. The molecular formula is C11H18ClF3N2O. The Balaban J connectivity index is 0.00000162. The first kappa shape index (κ1) is 15.6. The van der Waals surface area contributed by atoms with Gasteiger partial charge in [-0.25, -0.2) is 0 Å². The topological polar surface area (TPSA) is 32.3 Å². The Hall–Kier alpha value is -0.490. The highest BCUT2D eigenvalue weighted by atomic mass is 35.5. The predicted octanol–water partition coefficient (Wildman–Crippen LogP) is 1.96. The van der Waals surface area contributed by atoms with E-state index >= 15 is 0 Å². The summed E-state index contributed by atoms with van der Waals surface area (Å²) in [7, 11) is 0. The van der Waals surface area contributed by atoms with E-state index in [0.29, 0.717) is 25.0 Å². The number of carbonyl (C=O) groups excluding carboxylic acids is 1. The second-order valence-electron chi connectivity index (χ2n) is 4.85. The zero-order chi connectivity index (χ0) is 12.5. The van der Waals surface area contributed by atoms with Gasteiger partial charge < -0.3 is 10.2 Å². The maximum atomic E-state index is 12.0. The first-order valence-electron chi connectivity index (χ1n) is 6.03. The van der Waals surface area contributed by atoms with Crippen LogP contribution in [-0.4, -0.2) is 42.7 Å². The monoisotopic (exact) mass is 286 g/mol. The normalized spacial score (nSPS) is 27.6. The van der Waals surface area contributed by atoms with E-state index in [1.165, 1.54) is 0 Å². The molecule has 2 rings (SSSR count). The lowest BCUT2D eigenvalue weighted by Gasteiger charge is -2.35. The van der Waals surface area contributed by atoms with E-state index in [0.717, 1.165) is 19.4 Å². The second-order valence-corrected chi connectivity index (χ2v) is 4.85. The first-order valence-corrected chi connectivity index (χ1v) is 6.03. The van der Waals surface area contributed by atoms with Crippen molar-refractivity contribution in [2.75, 3.05) is 19.6 Å². The van der Waals surface area contributed by atoms with E-state index in [2.05, 4.69) is 5.32 Å². The molecule has 0 aromatic carbocycles. The third kappa shape index (κ3) is 4.02. The summed E-state index contributed by atoms with van der Waals surface area (Å²) in [4.78, 5) is 13.2. The van der Waals surface area contributed by atoms with Crippen LogP contribution < -0.4 is 5.32 Å². The molecule has 0 saturated carbocycles. The van der Waals surface area contributed by atoms with E-state index in [1.807, 2.05) is 0 Å². The summed E-state index contributed by atoms with van der Waals surface area (Å²) >= 11 is 0. The summed E-state index contributed by atoms with van der Waals surface area (Å²) in [6, 6.07) is 0.460. The summed E-state index contributed by atoms with van der Waals surface area (Å²) in [5.41, 5.74) is 0. The van der Waals surface area contributed by atoms with Gasteiger partial charge in [-0.3, -0.25) is 4.79 Å². The molecule has 2 saturated heterocycles. The Morgan fingerprint density at radius 1 is 1.33 bits per heavy atom. The van der Waals surface area contributed by atoms with E-state index in [1.54, 1.807) is 4.90 Å². The van der Waals surface area contributed by atoms with Crippen LogP contribution in [0.3, 0.4) is 0 Å². The molecule has 2 aliphatic rings. The molecule has 0 bridgehead atoms. The van der Waals surface area contributed by atoms with E-state index in [9.17, 15) is 18.0 Å². The maximum absolute atomic E-state index is 12.0. The second kappa shape index (κ2) is 6.10. The van der Waals surface area contributed by atoms with Crippen molar-refractivity contribution in [3.8, 4) is 0 Å². The minimum atomic E-state index is -4.23. The third-order valence-corrected chi connectivity index (χ3v) is 3.63. The largest absolute Gasteiger partial charge is 0.389 e. The number of likely N-dealkylation sites (tertiary alicyclic amines) is 1. The molecule has 0 spiro atoms. The predicted molar refractivity (Wildman–Crippen MR) is 63.6 cm³/mol. The number of piperidine rings is 1. The molecule has 2 heterocycles. The van der Waals surface area contributed by atoms with Crippen LogP contribution in [0.2, 0.25) is 0 Å². The molecule has 2 aliphatic heterocycles. The van der Waals surface area contributed by atoms with Gasteiger partial charge >= 0.3 is 6.18 Å². The average molecular weight is 287 g/mol. The lowest BCUT2D eigenvalue weighted by molar-refractivity contribution is -0.150. The van der Waals surface area contributed by atoms with Crippen LogP contribution in [0, 0.1) is 5.92 Å². The summed E-state index contributed by atoms with van der Waals surface area (Å²) in [6.07, 6.45) is -3.76. The lowest BCUT2D eigenvalue weighted by Crippen LogP contribution is -2.47. The maximum Gasteiger partial charge on any atom is 0.389 e. The van der Waals surface area contributed by atoms with Gasteiger partial charge in [0, 0.05) is 25.6 Å². The molecule has 7 heteroatoms. The van der Waals surface area contributed by atoms with Gasteiger partial charge in [0.1, 0.15) is 0 Å². The molecule has 1 N–H and O–H groups in total. The number of hydrogen-bond donors (Lipinski definition) is 1. The minimum Gasteiger partial charge on any atom is -0.342 e. The van der Waals surface area contributed by atoms with Gasteiger partial charge in [0.15, 0.2) is 0 Å². The van der Waals surface area contributed by atoms with Crippen molar-refractivity contribution in [2.24, 2.45) is 5.92 Å². The van der Waals surface area contributed by atoms with Crippen molar-refractivity contribution in [3.63, 3.8) is 0 Å². The average Bonchev–Trinajstić information content (AvgIpc) is 2.71. The molecule has 2 fully saturated rings. The first-order chi connectivity index (χ1) is 7.96. The standard InChI is InChI=1S/C11H17F3N2O.ClH/c12-11(13,14)4-1-10(17)16-6-3-9-8(7-16)2-5-15-9;/h8-9,15H,1-7H2;1H. The Bertz CT molecular complexity index is 299. The van der Waals surface area contributed by atoms with Crippen LogP contribution in [0.15, 0.2) is 0 Å². The summed E-state index contributed by atoms with van der Waals surface area (Å²) in [5.74, 6) is 0.0752. The van der Waals surface area contributed by atoms with E-state index < -0.39 is 19.0 Å². The number of nitrogens with zero attached hydrogens (tertiary/aromatic N) is 1. The van der Waals surface area contributed by atoms with Gasteiger partial charge in [0.05, 0.1) is 6.42 Å². The molecule has 1 amide bonds. The van der Waals surface area contributed by atoms with Gasteiger partial charge in [-0.05, 0) is 25.3 Å². The minimum absolute atomic E-state index is 0. The molecular weight excluding hydrogens is 269 g/mol. The quantitative estimate of drug-likeness (QED) is 0.842. The van der Waals surface area contributed by atoms with Crippen molar-refractivity contribution in [1.82, 2.24) is 10.2 Å². The fourth-order valence-electron chi connectivity index (χ4n) is 2.68. The van der Waals surface area contributed by atoms with Crippen molar-refractivity contribution in [3.05, 3.63) is 0 Å². The van der Waals surface area contributed by atoms with Gasteiger partial charge in [-0.1, -0.05) is 0 Å². The highest BCUT2D eigenvalue weighted by Gasteiger charge is 2.35. The Morgan fingerprint density at radius 3 is 2.72 bits per heavy atom. The van der Waals surface area contributed by atoms with Gasteiger partial charge in [-0.2, -0.15) is 13.2 Å². The van der Waals surface area contributed by atoms with Gasteiger partial charge in [-0.15, -0.1) is 12.4 Å². The molecule has 2 unspecified atom stereocenters. The van der Waals surface area contributed by atoms with E-state index in [4.69, 9.17) is 0 Å². The number of nitrogens with one attached hydrogen (secondary N) is 1.